The Morgan fingerprint density at radius 3 is 2.62 bits per heavy atom. The second-order valence-corrected chi connectivity index (χ2v) is 7.44. The summed E-state index contributed by atoms with van der Waals surface area (Å²) in [5.41, 5.74) is 1.06. The number of hydrogen-bond donors (Lipinski definition) is 0. The van der Waals surface area contributed by atoms with Crippen molar-refractivity contribution in [2.75, 3.05) is 26.4 Å². The second kappa shape index (κ2) is 6.91. The molecule has 4 heterocycles. The zero-order valence-corrected chi connectivity index (χ0v) is 15.0. The molecule has 0 spiro atoms. The summed E-state index contributed by atoms with van der Waals surface area (Å²) in [7, 11) is 0. The van der Waals surface area contributed by atoms with Crippen LogP contribution in [0.15, 0.2) is 18.2 Å². The standard InChI is InChI=1S/C20H25N3O3/c1-2-8-23-19(15-4-5-17-18(13-15)26-12-11-25-17)21-22-20(23)16(3-1)14-6-9-24-10-7-14/h4-5,13-14,16H,1-3,6-12H2. The Morgan fingerprint density at radius 2 is 1.73 bits per heavy atom. The van der Waals surface area contributed by atoms with Crippen LogP contribution in [0.5, 0.6) is 11.5 Å². The zero-order chi connectivity index (χ0) is 17.3. The molecule has 26 heavy (non-hydrogen) atoms. The molecular formula is C20H25N3O3. The Kier molecular flexibility index (Phi) is 4.28. The first kappa shape index (κ1) is 16.1. The van der Waals surface area contributed by atoms with Gasteiger partial charge in [-0.3, -0.25) is 0 Å². The first-order valence-electron chi connectivity index (χ1n) is 9.81. The summed E-state index contributed by atoms with van der Waals surface area (Å²) in [6.07, 6.45) is 5.92. The molecule has 3 aliphatic heterocycles. The molecule has 3 aliphatic rings. The molecule has 2 aromatic rings. The lowest BCUT2D eigenvalue weighted by atomic mass is 9.82. The molecule has 1 saturated heterocycles. The Labute approximate surface area is 153 Å². The van der Waals surface area contributed by atoms with Crippen LogP contribution in [0, 0.1) is 5.92 Å². The van der Waals surface area contributed by atoms with Gasteiger partial charge >= 0.3 is 0 Å². The van der Waals surface area contributed by atoms with Gasteiger partial charge in [0, 0.05) is 31.2 Å². The number of nitrogens with zero attached hydrogens (tertiary/aromatic N) is 3. The third-order valence-corrected chi connectivity index (χ3v) is 5.89. The van der Waals surface area contributed by atoms with Crippen LogP contribution in [0.1, 0.15) is 43.8 Å². The molecule has 0 N–H and O–H groups in total. The minimum atomic E-state index is 0.500. The van der Waals surface area contributed by atoms with E-state index in [1.54, 1.807) is 0 Å². The van der Waals surface area contributed by atoms with E-state index in [2.05, 4.69) is 20.8 Å². The third kappa shape index (κ3) is 2.86. The first-order chi connectivity index (χ1) is 12.9. The highest BCUT2D eigenvalue weighted by Gasteiger charge is 2.32. The maximum atomic E-state index is 5.75. The largest absolute Gasteiger partial charge is 0.486 e. The van der Waals surface area contributed by atoms with Gasteiger partial charge in [-0.1, -0.05) is 6.42 Å². The van der Waals surface area contributed by atoms with Gasteiger partial charge < -0.3 is 18.8 Å². The molecule has 5 rings (SSSR count). The monoisotopic (exact) mass is 355 g/mol. The predicted octanol–water partition coefficient (Wildman–Crippen LogP) is 3.41. The van der Waals surface area contributed by atoms with Gasteiger partial charge in [-0.05, 0) is 49.8 Å². The summed E-state index contributed by atoms with van der Waals surface area (Å²) in [6, 6.07) is 6.09. The van der Waals surface area contributed by atoms with Crippen molar-refractivity contribution in [3.05, 3.63) is 24.0 Å². The SMILES string of the molecule is c1cc2c(cc1-c1nnc3n1CCCCC3C1CCOCC1)OCCO2. The van der Waals surface area contributed by atoms with Crippen molar-refractivity contribution in [3.63, 3.8) is 0 Å². The molecule has 1 aromatic carbocycles. The summed E-state index contributed by atoms with van der Waals surface area (Å²) in [5.74, 6) is 4.91. The van der Waals surface area contributed by atoms with E-state index in [0.717, 1.165) is 55.5 Å². The second-order valence-electron chi connectivity index (χ2n) is 7.44. The fourth-order valence-corrected chi connectivity index (χ4v) is 4.53. The highest BCUT2D eigenvalue weighted by molar-refractivity contribution is 5.62. The van der Waals surface area contributed by atoms with Crippen LogP contribution in [0.2, 0.25) is 0 Å². The van der Waals surface area contributed by atoms with Crippen LogP contribution in [0.3, 0.4) is 0 Å². The smallest absolute Gasteiger partial charge is 0.164 e. The molecule has 0 aliphatic carbocycles. The topological polar surface area (TPSA) is 58.4 Å². The third-order valence-electron chi connectivity index (χ3n) is 5.89. The van der Waals surface area contributed by atoms with Gasteiger partial charge in [0.2, 0.25) is 0 Å². The van der Waals surface area contributed by atoms with E-state index >= 15 is 0 Å². The van der Waals surface area contributed by atoms with E-state index in [1.165, 1.54) is 25.1 Å². The van der Waals surface area contributed by atoms with Crippen molar-refractivity contribution in [2.45, 2.75) is 44.6 Å². The van der Waals surface area contributed by atoms with E-state index < -0.39 is 0 Å². The Morgan fingerprint density at radius 1 is 0.885 bits per heavy atom. The van der Waals surface area contributed by atoms with Gasteiger partial charge in [0.1, 0.15) is 19.0 Å². The van der Waals surface area contributed by atoms with Crippen molar-refractivity contribution in [2.24, 2.45) is 5.92 Å². The highest BCUT2D eigenvalue weighted by atomic mass is 16.6. The summed E-state index contributed by atoms with van der Waals surface area (Å²) in [6.45, 7) is 3.96. The summed E-state index contributed by atoms with van der Waals surface area (Å²) in [5, 5.41) is 9.25. The molecule has 1 fully saturated rings. The van der Waals surface area contributed by atoms with Crippen molar-refractivity contribution in [1.82, 2.24) is 14.8 Å². The number of hydrogen-bond acceptors (Lipinski definition) is 5. The Bertz CT molecular complexity index is 783. The van der Waals surface area contributed by atoms with Crippen molar-refractivity contribution in [1.29, 1.82) is 0 Å². The molecule has 138 valence electrons. The summed E-state index contributed by atoms with van der Waals surface area (Å²) in [4.78, 5) is 0. The molecule has 0 radical (unpaired) electrons. The van der Waals surface area contributed by atoms with E-state index in [-0.39, 0.29) is 0 Å². The molecule has 1 unspecified atom stereocenters. The Hall–Kier alpha value is -2.08. The maximum Gasteiger partial charge on any atom is 0.164 e. The average Bonchev–Trinajstić information content (AvgIpc) is 3.00. The fraction of sp³-hybridized carbons (Fsp3) is 0.600. The number of rotatable bonds is 2. The van der Waals surface area contributed by atoms with Crippen LogP contribution < -0.4 is 9.47 Å². The van der Waals surface area contributed by atoms with Gasteiger partial charge in [-0.25, -0.2) is 0 Å². The lowest BCUT2D eigenvalue weighted by Crippen LogP contribution is -2.23. The Balaban J connectivity index is 1.51. The first-order valence-corrected chi connectivity index (χ1v) is 9.81. The maximum absolute atomic E-state index is 5.75. The van der Waals surface area contributed by atoms with Crippen molar-refractivity contribution in [3.8, 4) is 22.9 Å². The number of fused-ring (bicyclic) bond motifs is 2. The normalized spacial score (nSPS) is 23.3. The molecule has 6 heteroatoms. The summed E-state index contributed by atoms with van der Waals surface area (Å²) >= 11 is 0. The van der Waals surface area contributed by atoms with E-state index in [0.29, 0.717) is 25.0 Å². The van der Waals surface area contributed by atoms with E-state index in [1.807, 2.05) is 12.1 Å². The fourth-order valence-electron chi connectivity index (χ4n) is 4.53. The molecule has 0 amide bonds. The van der Waals surface area contributed by atoms with Crippen LogP contribution in [0.4, 0.5) is 0 Å². The molecule has 0 bridgehead atoms. The predicted molar refractivity (Wildman–Crippen MR) is 96.6 cm³/mol. The zero-order valence-electron chi connectivity index (χ0n) is 15.0. The number of aromatic nitrogens is 3. The summed E-state index contributed by atoms with van der Waals surface area (Å²) < 4.78 is 19.3. The van der Waals surface area contributed by atoms with E-state index in [9.17, 15) is 0 Å². The molecule has 1 aromatic heterocycles. The molecule has 1 atom stereocenters. The average molecular weight is 355 g/mol. The lowest BCUT2D eigenvalue weighted by Gasteiger charge is -2.29. The quantitative estimate of drug-likeness (QED) is 0.826. The van der Waals surface area contributed by atoms with Crippen molar-refractivity contribution < 1.29 is 14.2 Å². The van der Waals surface area contributed by atoms with Gasteiger partial charge in [-0.15, -0.1) is 10.2 Å². The van der Waals surface area contributed by atoms with Gasteiger partial charge in [0.25, 0.3) is 0 Å². The van der Waals surface area contributed by atoms with Crippen LogP contribution >= 0.6 is 0 Å². The highest BCUT2D eigenvalue weighted by Crippen LogP contribution is 2.40. The van der Waals surface area contributed by atoms with Crippen LogP contribution in [0.25, 0.3) is 11.4 Å². The molecular weight excluding hydrogens is 330 g/mol. The van der Waals surface area contributed by atoms with Crippen LogP contribution in [-0.4, -0.2) is 41.2 Å². The van der Waals surface area contributed by atoms with Gasteiger partial charge in [0.05, 0.1) is 0 Å². The van der Waals surface area contributed by atoms with Crippen molar-refractivity contribution >= 4 is 0 Å². The van der Waals surface area contributed by atoms with Gasteiger partial charge in [0.15, 0.2) is 17.3 Å². The molecule has 6 nitrogen and oxygen atoms in total. The number of ether oxygens (including phenoxy) is 3. The van der Waals surface area contributed by atoms with Crippen LogP contribution in [-0.2, 0) is 11.3 Å². The minimum Gasteiger partial charge on any atom is -0.486 e. The van der Waals surface area contributed by atoms with Gasteiger partial charge in [-0.2, -0.15) is 0 Å². The lowest BCUT2D eigenvalue weighted by molar-refractivity contribution is 0.0556. The minimum absolute atomic E-state index is 0.500. The number of benzene rings is 1. The molecule has 0 saturated carbocycles. The van der Waals surface area contributed by atoms with E-state index in [4.69, 9.17) is 14.2 Å².